The van der Waals surface area contributed by atoms with Gasteiger partial charge in [-0.2, -0.15) is 5.10 Å². The van der Waals surface area contributed by atoms with Gasteiger partial charge in [-0.3, -0.25) is 4.68 Å². The zero-order valence-corrected chi connectivity index (χ0v) is 14.9. The Labute approximate surface area is 147 Å². The molecule has 0 aliphatic carbocycles. The zero-order valence-electron chi connectivity index (χ0n) is 14.9. The van der Waals surface area contributed by atoms with Gasteiger partial charge in [-0.25, -0.2) is 5.10 Å². The topological polar surface area (TPSA) is 75.5 Å². The number of H-pyrrole nitrogens is 1. The maximum atomic E-state index is 4.94. The Balaban J connectivity index is 1.77. The first-order valence-corrected chi connectivity index (χ1v) is 8.77. The molecule has 0 unspecified atom stereocenters. The van der Waals surface area contributed by atoms with Gasteiger partial charge in [0.05, 0.1) is 11.4 Å². The number of likely N-dealkylation sites (N-methyl/N-ethyl adjacent to an activating group) is 1. The highest BCUT2D eigenvalue weighted by atomic mass is 15.5. The Kier molecular flexibility index (Phi) is 4.09. The molecule has 1 N–H and O–H groups in total. The molecular formula is C18H23N7. The average molecular weight is 337 g/mol. The van der Waals surface area contributed by atoms with Crippen molar-refractivity contribution in [1.82, 2.24) is 35.3 Å². The number of rotatable bonds is 3. The predicted molar refractivity (Wildman–Crippen MR) is 96.1 cm³/mol. The van der Waals surface area contributed by atoms with Crippen molar-refractivity contribution < 1.29 is 0 Å². The summed E-state index contributed by atoms with van der Waals surface area (Å²) >= 11 is 0. The van der Waals surface area contributed by atoms with Gasteiger partial charge in [0.1, 0.15) is 0 Å². The van der Waals surface area contributed by atoms with E-state index < -0.39 is 0 Å². The zero-order chi connectivity index (χ0) is 17.4. The summed E-state index contributed by atoms with van der Waals surface area (Å²) in [5.74, 6) is 0.685. The minimum Gasteiger partial charge on any atom is -0.306 e. The first kappa shape index (κ1) is 16.0. The van der Waals surface area contributed by atoms with Crippen LogP contribution in [-0.4, -0.2) is 55.4 Å². The van der Waals surface area contributed by atoms with Crippen molar-refractivity contribution in [2.75, 3.05) is 20.1 Å². The van der Waals surface area contributed by atoms with Gasteiger partial charge in [0.25, 0.3) is 0 Å². The Morgan fingerprint density at radius 1 is 1.04 bits per heavy atom. The number of tetrazole rings is 1. The van der Waals surface area contributed by atoms with Gasteiger partial charge in [0.2, 0.25) is 0 Å². The molecule has 4 rings (SSSR count). The molecule has 1 aromatic carbocycles. The fraction of sp³-hybridized carbons (Fsp3) is 0.444. The molecule has 25 heavy (non-hydrogen) atoms. The summed E-state index contributed by atoms with van der Waals surface area (Å²) in [5, 5.41) is 19.0. The third kappa shape index (κ3) is 2.95. The number of hydrogen-bond donors (Lipinski definition) is 1. The Hall–Kier alpha value is -2.54. The van der Waals surface area contributed by atoms with Crippen LogP contribution in [0.1, 0.15) is 31.1 Å². The van der Waals surface area contributed by atoms with Crippen molar-refractivity contribution >= 4 is 0 Å². The van der Waals surface area contributed by atoms with Crippen LogP contribution in [0.4, 0.5) is 0 Å². The summed E-state index contributed by atoms with van der Waals surface area (Å²) < 4.78 is 2.18. The maximum absolute atomic E-state index is 4.94. The maximum Gasteiger partial charge on any atom is 0.179 e. The highest BCUT2D eigenvalue weighted by Crippen LogP contribution is 2.32. The van der Waals surface area contributed by atoms with Gasteiger partial charge < -0.3 is 4.90 Å². The third-order valence-corrected chi connectivity index (χ3v) is 4.83. The highest BCUT2D eigenvalue weighted by molar-refractivity contribution is 5.68. The number of aromatic amines is 1. The quantitative estimate of drug-likeness (QED) is 0.794. The minimum absolute atomic E-state index is 0.331. The van der Waals surface area contributed by atoms with E-state index in [0.29, 0.717) is 11.9 Å². The number of nitrogens with one attached hydrogen (secondary N) is 1. The molecule has 0 spiro atoms. The average Bonchev–Trinajstić information content (AvgIpc) is 3.23. The Morgan fingerprint density at radius 2 is 1.76 bits per heavy atom. The fourth-order valence-corrected chi connectivity index (χ4v) is 3.44. The number of benzene rings is 1. The summed E-state index contributed by atoms with van der Waals surface area (Å²) in [4.78, 5) is 2.38. The number of hydrogen-bond acceptors (Lipinski definition) is 5. The molecule has 1 aliphatic rings. The lowest BCUT2D eigenvalue weighted by Crippen LogP contribution is -2.21. The van der Waals surface area contributed by atoms with E-state index in [1.807, 2.05) is 0 Å². The molecule has 3 aromatic rings. The standard InChI is InChI=1S/C18H23N7/c1-12(2)25-17(15-8-10-24(3)11-9-16(15)21-25)13-4-6-14(7-5-13)18-19-22-23-20-18/h4-7,12H,8-11H2,1-3H3,(H,19,20,22,23). The van der Waals surface area contributed by atoms with E-state index in [4.69, 9.17) is 5.10 Å². The van der Waals surface area contributed by atoms with E-state index in [-0.39, 0.29) is 0 Å². The van der Waals surface area contributed by atoms with Gasteiger partial charge in [-0.1, -0.05) is 24.3 Å². The highest BCUT2D eigenvalue weighted by Gasteiger charge is 2.23. The SMILES string of the molecule is CC(C)n1nc2c(c1-c1ccc(-c3nnn[nH]3)cc1)CCN(C)CC2. The van der Waals surface area contributed by atoms with Crippen LogP contribution in [0.5, 0.6) is 0 Å². The largest absolute Gasteiger partial charge is 0.306 e. The Bertz CT molecular complexity index is 846. The van der Waals surface area contributed by atoms with Gasteiger partial charge in [0.15, 0.2) is 5.82 Å². The summed E-state index contributed by atoms with van der Waals surface area (Å²) in [6.07, 6.45) is 2.06. The van der Waals surface area contributed by atoms with E-state index >= 15 is 0 Å². The lowest BCUT2D eigenvalue weighted by molar-refractivity contribution is 0.350. The second-order valence-corrected chi connectivity index (χ2v) is 6.94. The van der Waals surface area contributed by atoms with E-state index in [1.165, 1.54) is 22.5 Å². The molecule has 3 heterocycles. The lowest BCUT2D eigenvalue weighted by Gasteiger charge is -2.15. The van der Waals surface area contributed by atoms with Crippen LogP contribution in [-0.2, 0) is 12.8 Å². The van der Waals surface area contributed by atoms with E-state index in [1.54, 1.807) is 0 Å². The minimum atomic E-state index is 0.331. The molecule has 0 radical (unpaired) electrons. The number of aromatic nitrogens is 6. The molecular weight excluding hydrogens is 314 g/mol. The van der Waals surface area contributed by atoms with Crippen LogP contribution in [0.3, 0.4) is 0 Å². The van der Waals surface area contributed by atoms with E-state index in [2.05, 4.69) is 75.4 Å². The summed E-state index contributed by atoms with van der Waals surface area (Å²) in [6.45, 7) is 6.53. The number of nitrogens with zero attached hydrogens (tertiary/aromatic N) is 6. The van der Waals surface area contributed by atoms with Crippen LogP contribution in [0.25, 0.3) is 22.6 Å². The molecule has 0 atom stereocenters. The van der Waals surface area contributed by atoms with Crippen LogP contribution >= 0.6 is 0 Å². The number of fused-ring (bicyclic) bond motifs is 1. The van der Waals surface area contributed by atoms with Gasteiger partial charge >= 0.3 is 0 Å². The summed E-state index contributed by atoms with van der Waals surface area (Å²) in [5.41, 5.74) is 6.07. The van der Waals surface area contributed by atoms with Gasteiger partial charge in [-0.05, 0) is 37.7 Å². The normalized spacial score (nSPS) is 15.4. The molecule has 0 saturated heterocycles. The molecule has 7 heteroatoms. The van der Waals surface area contributed by atoms with Crippen LogP contribution in [0.15, 0.2) is 24.3 Å². The first-order valence-electron chi connectivity index (χ1n) is 8.77. The van der Waals surface area contributed by atoms with Crippen LogP contribution in [0.2, 0.25) is 0 Å². The molecule has 7 nitrogen and oxygen atoms in total. The Morgan fingerprint density at radius 3 is 2.44 bits per heavy atom. The van der Waals surface area contributed by atoms with Crippen molar-refractivity contribution in [3.63, 3.8) is 0 Å². The van der Waals surface area contributed by atoms with Crippen LogP contribution < -0.4 is 0 Å². The third-order valence-electron chi connectivity index (χ3n) is 4.83. The lowest BCUT2D eigenvalue weighted by atomic mass is 10.0. The van der Waals surface area contributed by atoms with Crippen LogP contribution in [0, 0.1) is 0 Å². The van der Waals surface area contributed by atoms with Crippen molar-refractivity contribution in [3.05, 3.63) is 35.5 Å². The molecule has 0 saturated carbocycles. The summed E-state index contributed by atoms with van der Waals surface area (Å²) in [7, 11) is 2.18. The molecule has 1 aliphatic heterocycles. The predicted octanol–water partition coefficient (Wildman–Crippen LogP) is 2.34. The molecule has 0 bridgehead atoms. The molecule has 0 fully saturated rings. The van der Waals surface area contributed by atoms with E-state index in [9.17, 15) is 0 Å². The molecule has 2 aromatic heterocycles. The second kappa shape index (κ2) is 6.40. The van der Waals surface area contributed by atoms with Crippen molar-refractivity contribution in [3.8, 4) is 22.6 Å². The molecule has 0 amide bonds. The smallest absolute Gasteiger partial charge is 0.179 e. The second-order valence-electron chi connectivity index (χ2n) is 6.94. The van der Waals surface area contributed by atoms with Crippen molar-refractivity contribution in [2.45, 2.75) is 32.7 Å². The molecule has 130 valence electrons. The summed E-state index contributed by atoms with van der Waals surface area (Å²) in [6, 6.07) is 8.73. The van der Waals surface area contributed by atoms with Crippen molar-refractivity contribution in [1.29, 1.82) is 0 Å². The van der Waals surface area contributed by atoms with Gasteiger partial charge in [0, 0.05) is 42.2 Å². The fourth-order valence-electron chi connectivity index (χ4n) is 3.44. The first-order chi connectivity index (χ1) is 12.1. The van der Waals surface area contributed by atoms with E-state index in [0.717, 1.165) is 31.5 Å². The monoisotopic (exact) mass is 337 g/mol. The van der Waals surface area contributed by atoms with Crippen molar-refractivity contribution in [2.24, 2.45) is 0 Å². The van der Waals surface area contributed by atoms with Gasteiger partial charge in [-0.15, -0.1) is 5.10 Å².